The standard InChI is InChI=1S/C37H43N7O7/c1-23(2)30-36(48)40-27(21-24-11-5-3-6-12-24)37-41-28(22-50-37)33(45)38-16-10-9-15-26(34(46)42-30)39-35(47)29-31(25-13-7-4-8-14-25)51-43-32(29)44-17-19-49-20-18-44/h3-8,11-14,22-23,26-27,30H,9-10,15-21H2,1-2H3,(H,38,45)(H,39,47)(H,40,48)(H,42,46)/t26-,27+,30-/m0/s1. The van der Waals surface area contributed by atoms with E-state index in [1.165, 1.54) is 6.26 Å². The summed E-state index contributed by atoms with van der Waals surface area (Å²) >= 11 is 0. The molecule has 4 aromatic rings. The maximum Gasteiger partial charge on any atom is 0.273 e. The minimum Gasteiger partial charge on any atom is -0.446 e. The highest BCUT2D eigenvalue weighted by molar-refractivity contribution is 6.06. The minimum absolute atomic E-state index is 0.0993. The van der Waals surface area contributed by atoms with Crippen molar-refractivity contribution in [3.8, 4) is 11.3 Å². The molecule has 14 heteroatoms. The van der Waals surface area contributed by atoms with Crippen LogP contribution in [0.15, 0.2) is 75.9 Å². The molecule has 2 aliphatic rings. The lowest BCUT2D eigenvalue weighted by Gasteiger charge is -2.28. The van der Waals surface area contributed by atoms with Crippen molar-refractivity contribution in [3.05, 3.63) is 89.6 Å². The first-order valence-corrected chi connectivity index (χ1v) is 17.4. The van der Waals surface area contributed by atoms with E-state index in [9.17, 15) is 19.2 Å². The van der Waals surface area contributed by atoms with Gasteiger partial charge >= 0.3 is 0 Å². The van der Waals surface area contributed by atoms with E-state index in [2.05, 4.69) is 31.4 Å². The van der Waals surface area contributed by atoms with Gasteiger partial charge in [0.05, 0.1) is 13.2 Å². The summed E-state index contributed by atoms with van der Waals surface area (Å²) in [6.45, 7) is 5.94. The number of nitrogens with one attached hydrogen (secondary N) is 4. The van der Waals surface area contributed by atoms with Gasteiger partial charge in [-0.1, -0.05) is 79.7 Å². The van der Waals surface area contributed by atoms with Gasteiger partial charge < -0.3 is 39.8 Å². The molecule has 3 atom stereocenters. The second kappa shape index (κ2) is 16.5. The third-order valence-corrected chi connectivity index (χ3v) is 8.97. The summed E-state index contributed by atoms with van der Waals surface area (Å²) in [5.74, 6) is -1.43. The van der Waals surface area contributed by atoms with Gasteiger partial charge in [-0.25, -0.2) is 4.98 Å². The second-order valence-electron chi connectivity index (χ2n) is 13.0. The fourth-order valence-electron chi connectivity index (χ4n) is 6.18. The molecule has 0 spiro atoms. The van der Waals surface area contributed by atoms with Crippen molar-refractivity contribution in [2.24, 2.45) is 5.92 Å². The number of fused-ring (bicyclic) bond motifs is 2. The molecule has 268 valence electrons. The lowest BCUT2D eigenvalue weighted by molar-refractivity contribution is -0.131. The van der Waals surface area contributed by atoms with Crippen molar-refractivity contribution in [2.45, 2.75) is 57.7 Å². The minimum atomic E-state index is -1.02. The normalized spacial score (nSPS) is 20.7. The van der Waals surface area contributed by atoms with Gasteiger partial charge in [0.2, 0.25) is 17.7 Å². The van der Waals surface area contributed by atoms with Crippen LogP contribution in [0.1, 0.15) is 71.5 Å². The van der Waals surface area contributed by atoms with Crippen LogP contribution in [0.4, 0.5) is 5.82 Å². The van der Waals surface area contributed by atoms with Crippen molar-refractivity contribution >= 4 is 29.4 Å². The van der Waals surface area contributed by atoms with Crippen LogP contribution >= 0.6 is 0 Å². The average Bonchev–Trinajstić information content (AvgIpc) is 3.82. The van der Waals surface area contributed by atoms with Crippen molar-refractivity contribution in [1.29, 1.82) is 0 Å². The number of carbonyl (C=O) groups is 4. The van der Waals surface area contributed by atoms with Gasteiger partial charge in [0, 0.05) is 31.6 Å². The van der Waals surface area contributed by atoms with Crippen LogP contribution in [0, 0.1) is 5.92 Å². The summed E-state index contributed by atoms with van der Waals surface area (Å²) in [6.07, 6.45) is 2.84. The summed E-state index contributed by atoms with van der Waals surface area (Å²) in [4.78, 5) is 61.5. The van der Waals surface area contributed by atoms with Gasteiger partial charge in [-0.05, 0) is 30.7 Å². The van der Waals surface area contributed by atoms with Gasteiger partial charge in [-0.3, -0.25) is 19.2 Å². The fourth-order valence-corrected chi connectivity index (χ4v) is 6.18. The van der Waals surface area contributed by atoms with Crippen LogP contribution < -0.4 is 26.2 Å². The molecule has 4 N–H and O–H groups in total. The smallest absolute Gasteiger partial charge is 0.273 e. The molecule has 0 saturated carbocycles. The molecule has 4 amide bonds. The summed E-state index contributed by atoms with van der Waals surface area (Å²) in [6, 6.07) is 16.0. The number of amides is 4. The van der Waals surface area contributed by atoms with Crippen LogP contribution in [-0.2, 0) is 20.7 Å². The third kappa shape index (κ3) is 8.63. The Balaban J connectivity index is 1.28. The van der Waals surface area contributed by atoms with E-state index in [-0.39, 0.29) is 35.2 Å². The number of hydrogen-bond donors (Lipinski definition) is 4. The van der Waals surface area contributed by atoms with Crippen LogP contribution in [0.25, 0.3) is 11.3 Å². The van der Waals surface area contributed by atoms with E-state index >= 15 is 0 Å². The molecule has 2 aromatic heterocycles. The maximum atomic E-state index is 14.2. The van der Waals surface area contributed by atoms with Crippen LogP contribution in [-0.4, -0.2) is 78.7 Å². The molecule has 0 radical (unpaired) electrons. The zero-order chi connectivity index (χ0) is 35.7. The molecule has 2 aliphatic heterocycles. The van der Waals surface area contributed by atoms with Crippen molar-refractivity contribution in [2.75, 3.05) is 37.7 Å². The van der Waals surface area contributed by atoms with E-state index in [1.807, 2.05) is 79.4 Å². The Morgan fingerprint density at radius 1 is 0.961 bits per heavy atom. The molecule has 1 saturated heterocycles. The largest absolute Gasteiger partial charge is 0.446 e. The summed E-state index contributed by atoms with van der Waals surface area (Å²) in [5, 5.41) is 16.0. The number of ether oxygens (including phenoxy) is 1. The van der Waals surface area contributed by atoms with E-state index < -0.39 is 41.8 Å². The fraction of sp³-hybridized carbons (Fsp3) is 0.405. The molecule has 6 rings (SSSR count). The molecule has 2 aromatic carbocycles. The van der Waals surface area contributed by atoms with E-state index in [4.69, 9.17) is 13.7 Å². The number of rotatable bonds is 7. The van der Waals surface area contributed by atoms with Crippen LogP contribution in [0.2, 0.25) is 0 Å². The van der Waals surface area contributed by atoms with E-state index in [0.717, 1.165) is 5.56 Å². The van der Waals surface area contributed by atoms with Gasteiger partial charge in [0.1, 0.15) is 30.0 Å². The number of carbonyl (C=O) groups excluding carboxylic acids is 4. The van der Waals surface area contributed by atoms with Gasteiger partial charge in [0.25, 0.3) is 11.8 Å². The number of oxazole rings is 1. The number of anilines is 1. The Morgan fingerprint density at radius 3 is 2.41 bits per heavy atom. The molecular weight excluding hydrogens is 654 g/mol. The predicted octanol–water partition coefficient (Wildman–Crippen LogP) is 3.42. The number of aromatic nitrogens is 2. The second-order valence-corrected chi connectivity index (χ2v) is 13.0. The SMILES string of the molecule is CC(C)[C@@H]1NC(=O)[C@@H](NC(=O)c2c(N3CCOCC3)noc2-c2ccccc2)CCCCNC(=O)c2coc(n2)[C@@H](Cc2ccccc2)NC1=O. The summed E-state index contributed by atoms with van der Waals surface area (Å²) < 4.78 is 17.0. The van der Waals surface area contributed by atoms with E-state index in [1.54, 1.807) is 0 Å². The number of nitrogens with zero attached hydrogens (tertiary/aromatic N) is 3. The highest BCUT2D eigenvalue weighted by atomic mass is 16.5. The Hall–Kier alpha value is -5.50. The molecule has 0 unspecified atom stereocenters. The Labute approximate surface area is 295 Å². The maximum absolute atomic E-state index is 14.2. The van der Waals surface area contributed by atoms with Gasteiger partial charge in [-0.2, -0.15) is 0 Å². The summed E-state index contributed by atoms with van der Waals surface area (Å²) in [7, 11) is 0. The lowest BCUT2D eigenvalue weighted by Crippen LogP contribution is -2.56. The van der Waals surface area contributed by atoms with Gasteiger partial charge in [-0.15, -0.1) is 0 Å². The Kier molecular flexibility index (Phi) is 11.4. The zero-order valence-corrected chi connectivity index (χ0v) is 28.7. The van der Waals surface area contributed by atoms with Gasteiger partial charge in [0.15, 0.2) is 17.3 Å². The lowest BCUT2D eigenvalue weighted by atomic mass is 10.00. The Bertz CT molecular complexity index is 1800. The molecule has 51 heavy (non-hydrogen) atoms. The molecule has 4 heterocycles. The summed E-state index contributed by atoms with van der Waals surface area (Å²) in [5.41, 5.74) is 1.88. The number of morpholine rings is 1. The highest BCUT2D eigenvalue weighted by Crippen LogP contribution is 2.32. The molecular formula is C37H43N7O7. The van der Waals surface area contributed by atoms with Crippen molar-refractivity contribution in [1.82, 2.24) is 31.4 Å². The molecule has 1 fully saturated rings. The quantitative estimate of drug-likeness (QED) is 0.224. The molecule has 2 bridgehead atoms. The third-order valence-electron chi connectivity index (χ3n) is 8.97. The van der Waals surface area contributed by atoms with Crippen LogP contribution in [0.5, 0.6) is 0 Å². The monoisotopic (exact) mass is 697 g/mol. The topological polar surface area (TPSA) is 181 Å². The zero-order valence-electron chi connectivity index (χ0n) is 28.7. The molecule has 14 nitrogen and oxygen atoms in total. The molecule has 0 aliphatic carbocycles. The predicted molar refractivity (Wildman–Crippen MR) is 187 cm³/mol. The first-order chi connectivity index (χ1) is 24.8. The first-order valence-electron chi connectivity index (χ1n) is 17.4. The number of benzene rings is 2. The Morgan fingerprint density at radius 2 is 1.69 bits per heavy atom. The van der Waals surface area contributed by atoms with Crippen molar-refractivity contribution in [3.63, 3.8) is 0 Å². The highest BCUT2D eigenvalue weighted by Gasteiger charge is 2.34. The van der Waals surface area contributed by atoms with Crippen molar-refractivity contribution < 1.29 is 32.9 Å². The van der Waals surface area contributed by atoms with Crippen LogP contribution in [0.3, 0.4) is 0 Å². The first kappa shape index (κ1) is 35.3. The number of hydrogen-bond acceptors (Lipinski definition) is 10. The average molecular weight is 698 g/mol. The van der Waals surface area contributed by atoms with E-state index in [0.29, 0.717) is 63.5 Å².